The monoisotopic (exact) mass is 390 g/mol. The molecule has 0 aliphatic heterocycles. The molecule has 0 N–H and O–H groups in total. The maximum absolute atomic E-state index is 11.8. The lowest BCUT2D eigenvalue weighted by Gasteiger charge is -2.42. The van der Waals surface area contributed by atoms with Gasteiger partial charge in [-0.05, 0) is 77.0 Å². The fourth-order valence-corrected chi connectivity index (χ4v) is 4.27. The van der Waals surface area contributed by atoms with E-state index < -0.39 is 0 Å². The van der Waals surface area contributed by atoms with Gasteiger partial charge in [0.05, 0.1) is 12.2 Å². The van der Waals surface area contributed by atoms with Gasteiger partial charge < -0.3 is 4.74 Å². The van der Waals surface area contributed by atoms with Gasteiger partial charge in [-0.2, -0.15) is 0 Å². The molecule has 0 heterocycles. The Morgan fingerprint density at radius 3 is 2.07 bits per heavy atom. The van der Waals surface area contributed by atoms with Crippen LogP contribution in [0.3, 0.4) is 0 Å². The minimum absolute atomic E-state index is 0.209. The van der Waals surface area contributed by atoms with Gasteiger partial charge in [0.25, 0.3) is 0 Å². The van der Waals surface area contributed by atoms with Crippen molar-refractivity contribution in [3.05, 3.63) is 69.8 Å². The Balaban J connectivity index is 1.94. The summed E-state index contributed by atoms with van der Waals surface area (Å²) in [7, 11) is 0. The first-order valence-corrected chi connectivity index (χ1v) is 10.8. The Hall–Kier alpha value is -2.35. The highest BCUT2D eigenvalue weighted by molar-refractivity contribution is 5.89. The highest BCUT2D eigenvalue weighted by atomic mass is 16.5. The van der Waals surface area contributed by atoms with E-state index in [0.717, 1.165) is 12.0 Å². The number of rotatable bonds is 5. The van der Waals surface area contributed by atoms with E-state index in [4.69, 9.17) is 4.74 Å². The number of carbonyl (C=O) groups excluding carboxylic acids is 1. The van der Waals surface area contributed by atoms with Crippen molar-refractivity contribution in [2.75, 3.05) is 6.61 Å². The van der Waals surface area contributed by atoms with Gasteiger partial charge in [-0.3, -0.25) is 0 Å². The molecular weight excluding hydrogens is 356 g/mol. The smallest absolute Gasteiger partial charge is 0.338 e. The fourth-order valence-electron chi connectivity index (χ4n) is 4.27. The molecule has 0 saturated heterocycles. The third-order valence-electron chi connectivity index (χ3n) is 6.37. The SMILES string of the molecule is CCOC(=O)c1ccc(/C=C/c2cc3c(cc2CC)C(C)(C)CCC3(C)C)cc1. The molecule has 29 heavy (non-hydrogen) atoms. The van der Waals surface area contributed by atoms with Gasteiger partial charge in [0.15, 0.2) is 0 Å². The number of esters is 1. The normalized spacial score (nSPS) is 17.2. The van der Waals surface area contributed by atoms with E-state index in [-0.39, 0.29) is 16.8 Å². The van der Waals surface area contributed by atoms with Crippen molar-refractivity contribution >= 4 is 18.1 Å². The van der Waals surface area contributed by atoms with Crippen LogP contribution in [-0.2, 0) is 22.0 Å². The predicted octanol–water partition coefficient (Wildman–Crippen LogP) is 6.95. The second-order valence-corrected chi connectivity index (χ2v) is 9.39. The molecule has 0 fully saturated rings. The summed E-state index contributed by atoms with van der Waals surface area (Å²) in [5.74, 6) is -0.268. The topological polar surface area (TPSA) is 26.3 Å². The molecule has 0 saturated carbocycles. The van der Waals surface area contributed by atoms with Crippen molar-refractivity contribution in [1.82, 2.24) is 0 Å². The molecule has 154 valence electrons. The van der Waals surface area contributed by atoms with E-state index >= 15 is 0 Å². The molecule has 3 rings (SSSR count). The van der Waals surface area contributed by atoms with Crippen LogP contribution < -0.4 is 0 Å². The van der Waals surface area contributed by atoms with Crippen LogP contribution in [0.5, 0.6) is 0 Å². The molecule has 2 heteroatoms. The third-order valence-corrected chi connectivity index (χ3v) is 6.37. The number of fused-ring (bicyclic) bond motifs is 1. The van der Waals surface area contributed by atoms with Gasteiger partial charge in [0.1, 0.15) is 0 Å². The van der Waals surface area contributed by atoms with Gasteiger partial charge in [0.2, 0.25) is 0 Å². The average molecular weight is 391 g/mol. The third kappa shape index (κ3) is 4.47. The van der Waals surface area contributed by atoms with Crippen LogP contribution in [0.2, 0.25) is 0 Å². The molecule has 0 spiro atoms. The number of aryl methyl sites for hydroxylation is 1. The molecule has 2 aromatic rings. The van der Waals surface area contributed by atoms with Crippen molar-refractivity contribution < 1.29 is 9.53 Å². The number of ether oxygens (including phenoxy) is 1. The fraction of sp³-hybridized carbons (Fsp3) is 0.444. The standard InChI is InChI=1S/C27H34O2/c1-7-20-17-23-24(27(5,6)16-15-26(23,3)4)18-22(20)14-11-19-9-12-21(13-10-19)25(28)29-8-2/h9-14,17-18H,7-8,15-16H2,1-6H3/b14-11+. The summed E-state index contributed by atoms with van der Waals surface area (Å²) >= 11 is 0. The van der Waals surface area contributed by atoms with E-state index in [1.54, 1.807) is 0 Å². The lowest BCUT2D eigenvalue weighted by molar-refractivity contribution is 0.0526. The first-order chi connectivity index (χ1) is 13.7. The zero-order valence-electron chi connectivity index (χ0n) is 18.8. The molecule has 0 amide bonds. The first kappa shape index (κ1) is 21.4. The number of hydrogen-bond donors (Lipinski definition) is 0. The molecule has 0 atom stereocenters. The molecule has 2 nitrogen and oxygen atoms in total. The molecule has 1 aliphatic carbocycles. The maximum Gasteiger partial charge on any atom is 0.338 e. The molecule has 0 bridgehead atoms. The number of benzene rings is 2. The van der Waals surface area contributed by atoms with Crippen LogP contribution in [0, 0.1) is 0 Å². The Labute approximate surface area is 176 Å². The summed E-state index contributed by atoms with van der Waals surface area (Å²) < 4.78 is 5.06. The van der Waals surface area contributed by atoms with Crippen molar-refractivity contribution in [1.29, 1.82) is 0 Å². The zero-order chi connectivity index (χ0) is 21.2. The summed E-state index contributed by atoms with van der Waals surface area (Å²) in [5, 5.41) is 0. The van der Waals surface area contributed by atoms with E-state index in [1.165, 1.54) is 35.1 Å². The van der Waals surface area contributed by atoms with Crippen LogP contribution in [0.15, 0.2) is 36.4 Å². The average Bonchev–Trinajstić information content (AvgIpc) is 2.70. The quantitative estimate of drug-likeness (QED) is 0.408. The van der Waals surface area contributed by atoms with E-state index in [2.05, 4.69) is 58.9 Å². The van der Waals surface area contributed by atoms with Crippen LogP contribution in [-0.4, -0.2) is 12.6 Å². The van der Waals surface area contributed by atoms with Crippen molar-refractivity contribution in [3.8, 4) is 0 Å². The lowest BCUT2D eigenvalue weighted by atomic mass is 9.62. The van der Waals surface area contributed by atoms with Crippen LogP contribution in [0.25, 0.3) is 12.2 Å². The summed E-state index contributed by atoms with van der Waals surface area (Å²) in [4.78, 5) is 11.8. The second-order valence-electron chi connectivity index (χ2n) is 9.39. The molecule has 0 unspecified atom stereocenters. The predicted molar refractivity (Wildman–Crippen MR) is 122 cm³/mol. The molecule has 2 aromatic carbocycles. The van der Waals surface area contributed by atoms with Gasteiger partial charge in [-0.15, -0.1) is 0 Å². The summed E-state index contributed by atoms with van der Waals surface area (Å²) in [6.07, 6.45) is 7.83. The van der Waals surface area contributed by atoms with Crippen molar-refractivity contribution in [2.45, 2.75) is 71.6 Å². The Morgan fingerprint density at radius 2 is 1.52 bits per heavy atom. The largest absolute Gasteiger partial charge is 0.462 e. The van der Waals surface area contributed by atoms with Gasteiger partial charge in [-0.25, -0.2) is 4.79 Å². The highest BCUT2D eigenvalue weighted by Gasteiger charge is 2.37. The number of carbonyl (C=O) groups is 1. The van der Waals surface area contributed by atoms with Crippen LogP contribution in [0.1, 0.15) is 92.6 Å². The Bertz CT molecular complexity index is 914. The summed E-state index contributed by atoms with van der Waals surface area (Å²) in [6.45, 7) is 13.9. The Morgan fingerprint density at radius 1 is 0.931 bits per heavy atom. The van der Waals surface area contributed by atoms with Crippen molar-refractivity contribution in [3.63, 3.8) is 0 Å². The van der Waals surface area contributed by atoms with Crippen LogP contribution in [0.4, 0.5) is 0 Å². The summed E-state index contributed by atoms with van der Waals surface area (Å²) in [6, 6.07) is 12.5. The highest BCUT2D eigenvalue weighted by Crippen LogP contribution is 2.46. The lowest BCUT2D eigenvalue weighted by Crippen LogP contribution is -2.34. The minimum Gasteiger partial charge on any atom is -0.462 e. The van der Waals surface area contributed by atoms with E-state index in [0.29, 0.717) is 12.2 Å². The van der Waals surface area contributed by atoms with Gasteiger partial charge in [0, 0.05) is 0 Å². The van der Waals surface area contributed by atoms with E-state index in [9.17, 15) is 4.79 Å². The van der Waals surface area contributed by atoms with Gasteiger partial charge >= 0.3 is 5.97 Å². The summed E-state index contributed by atoms with van der Waals surface area (Å²) in [5.41, 5.74) is 7.82. The molecular formula is C27H34O2. The second kappa shape index (κ2) is 8.18. The molecule has 0 radical (unpaired) electrons. The van der Waals surface area contributed by atoms with E-state index in [1.807, 2.05) is 31.2 Å². The maximum atomic E-state index is 11.8. The minimum atomic E-state index is -0.268. The molecule has 0 aromatic heterocycles. The zero-order valence-corrected chi connectivity index (χ0v) is 18.8. The first-order valence-electron chi connectivity index (χ1n) is 10.8. The van der Waals surface area contributed by atoms with Gasteiger partial charge in [-0.1, -0.05) is 71.0 Å². The van der Waals surface area contributed by atoms with Crippen molar-refractivity contribution in [2.24, 2.45) is 0 Å². The van der Waals surface area contributed by atoms with Crippen LogP contribution >= 0.6 is 0 Å². The molecule has 1 aliphatic rings. The number of hydrogen-bond acceptors (Lipinski definition) is 2. The Kier molecular flexibility index (Phi) is 6.03.